The molecule has 0 unspecified atom stereocenters. The van der Waals surface area contributed by atoms with Gasteiger partial charge in [0.25, 0.3) is 0 Å². The molecule has 2 aromatic carbocycles. The Morgan fingerprint density at radius 1 is 1.00 bits per heavy atom. The molecule has 1 aliphatic rings. The summed E-state index contributed by atoms with van der Waals surface area (Å²) in [5.74, 6) is 0.194. The third kappa shape index (κ3) is 5.82. The Morgan fingerprint density at radius 3 is 2.37 bits per heavy atom. The Bertz CT molecular complexity index is 800. The van der Waals surface area contributed by atoms with E-state index in [0.717, 1.165) is 42.7 Å². The lowest BCUT2D eigenvalue weighted by Gasteiger charge is -2.21. The highest BCUT2D eigenvalue weighted by molar-refractivity contribution is 5.99. The minimum Gasteiger partial charge on any atom is -0.352 e. The highest BCUT2D eigenvalue weighted by atomic mass is 16.2. The van der Waals surface area contributed by atoms with Gasteiger partial charge in [0.15, 0.2) is 0 Å². The van der Waals surface area contributed by atoms with E-state index in [1.165, 1.54) is 0 Å². The van der Waals surface area contributed by atoms with Crippen molar-refractivity contribution < 1.29 is 9.59 Å². The fraction of sp³-hybridized carbons (Fsp3) is 0.333. The molecule has 3 amide bonds. The quantitative estimate of drug-likeness (QED) is 0.656. The molecule has 6 heteroatoms. The van der Waals surface area contributed by atoms with Gasteiger partial charge in [-0.2, -0.15) is 0 Å². The maximum absolute atomic E-state index is 12.2. The number of urea groups is 1. The summed E-state index contributed by atoms with van der Waals surface area (Å²) >= 11 is 0. The second-order valence-electron chi connectivity index (χ2n) is 6.89. The minimum atomic E-state index is -0.295. The summed E-state index contributed by atoms with van der Waals surface area (Å²) in [5, 5.41) is 11.9. The van der Waals surface area contributed by atoms with Crippen LogP contribution in [0.5, 0.6) is 0 Å². The number of hydrogen-bond donors (Lipinski definition) is 4. The number of carbonyl (C=O) groups excluding carboxylic acids is 2. The van der Waals surface area contributed by atoms with Gasteiger partial charge in [0, 0.05) is 23.8 Å². The molecule has 6 nitrogen and oxygen atoms in total. The van der Waals surface area contributed by atoms with E-state index in [-0.39, 0.29) is 17.9 Å². The van der Waals surface area contributed by atoms with Crippen molar-refractivity contribution in [3.05, 3.63) is 59.7 Å². The molecule has 0 bridgehead atoms. The Labute approximate surface area is 159 Å². The van der Waals surface area contributed by atoms with Gasteiger partial charge in [-0.1, -0.05) is 24.3 Å². The summed E-state index contributed by atoms with van der Waals surface area (Å²) in [5.41, 5.74) is 3.47. The third-order valence-corrected chi connectivity index (χ3v) is 4.64. The van der Waals surface area contributed by atoms with Gasteiger partial charge in [0.05, 0.1) is 0 Å². The fourth-order valence-corrected chi connectivity index (χ4v) is 3.19. The first kappa shape index (κ1) is 18.9. The second kappa shape index (κ2) is 9.19. The van der Waals surface area contributed by atoms with Gasteiger partial charge in [-0.05, 0) is 68.2 Å². The van der Waals surface area contributed by atoms with Crippen LogP contribution in [-0.4, -0.2) is 25.0 Å². The van der Waals surface area contributed by atoms with Gasteiger partial charge in [-0.3, -0.25) is 4.79 Å². The molecule has 1 saturated heterocycles. The first-order chi connectivity index (χ1) is 13.1. The highest BCUT2D eigenvalue weighted by Crippen LogP contribution is 2.15. The topological polar surface area (TPSA) is 82.3 Å². The molecule has 0 aromatic heterocycles. The summed E-state index contributed by atoms with van der Waals surface area (Å²) in [6.07, 6.45) is 1.76. The fourth-order valence-electron chi connectivity index (χ4n) is 3.19. The first-order valence-electron chi connectivity index (χ1n) is 9.32. The normalized spacial score (nSPS) is 14.4. The number of rotatable bonds is 5. The van der Waals surface area contributed by atoms with Crippen molar-refractivity contribution in [2.75, 3.05) is 23.7 Å². The average molecular weight is 366 g/mol. The molecular formula is C21H26N4O2. The van der Waals surface area contributed by atoms with Crippen LogP contribution in [-0.2, 0) is 11.3 Å². The monoisotopic (exact) mass is 366 g/mol. The van der Waals surface area contributed by atoms with Crippen LogP contribution >= 0.6 is 0 Å². The summed E-state index contributed by atoms with van der Waals surface area (Å²) < 4.78 is 0. The second-order valence-corrected chi connectivity index (χ2v) is 6.89. The van der Waals surface area contributed by atoms with Crippen molar-refractivity contribution in [1.29, 1.82) is 0 Å². The van der Waals surface area contributed by atoms with Gasteiger partial charge < -0.3 is 21.3 Å². The van der Waals surface area contributed by atoms with Gasteiger partial charge >= 0.3 is 6.03 Å². The number of carbonyl (C=O) groups is 2. The summed E-state index contributed by atoms with van der Waals surface area (Å²) in [6, 6.07) is 14.8. The molecule has 27 heavy (non-hydrogen) atoms. The maximum atomic E-state index is 12.2. The van der Waals surface area contributed by atoms with E-state index >= 15 is 0 Å². The van der Waals surface area contributed by atoms with Crippen molar-refractivity contribution in [1.82, 2.24) is 10.6 Å². The van der Waals surface area contributed by atoms with Crippen LogP contribution in [0.1, 0.15) is 24.0 Å². The molecule has 4 N–H and O–H groups in total. The van der Waals surface area contributed by atoms with Crippen LogP contribution in [0.25, 0.3) is 0 Å². The molecule has 0 saturated carbocycles. The lowest BCUT2D eigenvalue weighted by molar-refractivity contribution is -0.125. The zero-order valence-corrected chi connectivity index (χ0v) is 15.5. The Balaban J connectivity index is 1.52. The van der Waals surface area contributed by atoms with E-state index in [1.54, 1.807) is 0 Å². The number of aryl methyl sites for hydroxylation is 1. The predicted octanol–water partition coefficient (Wildman–Crippen LogP) is 3.25. The minimum absolute atomic E-state index is 0.0904. The van der Waals surface area contributed by atoms with Gasteiger partial charge in [0.2, 0.25) is 5.91 Å². The molecular weight excluding hydrogens is 340 g/mol. The molecule has 1 aliphatic heterocycles. The summed E-state index contributed by atoms with van der Waals surface area (Å²) in [7, 11) is 0. The molecule has 1 fully saturated rings. The van der Waals surface area contributed by atoms with Crippen molar-refractivity contribution in [3.8, 4) is 0 Å². The van der Waals surface area contributed by atoms with Crippen LogP contribution in [0, 0.1) is 12.8 Å². The van der Waals surface area contributed by atoms with Crippen LogP contribution in [0.15, 0.2) is 48.5 Å². The van der Waals surface area contributed by atoms with E-state index in [9.17, 15) is 9.59 Å². The standard InChI is InChI=1S/C21H26N4O2/c1-15-4-2-6-18(12-15)24-21(27)25-19-7-3-5-16(13-19)14-23-20(26)17-8-10-22-11-9-17/h2-7,12-13,17,22H,8-11,14H2,1H3,(H,23,26)(H2,24,25,27). The molecule has 0 spiro atoms. The average Bonchev–Trinajstić information content (AvgIpc) is 2.67. The predicted molar refractivity (Wildman–Crippen MR) is 108 cm³/mol. The molecule has 1 heterocycles. The maximum Gasteiger partial charge on any atom is 0.323 e. The van der Waals surface area contributed by atoms with Crippen molar-refractivity contribution in [2.45, 2.75) is 26.3 Å². The Morgan fingerprint density at radius 2 is 1.67 bits per heavy atom. The summed E-state index contributed by atoms with van der Waals surface area (Å²) in [4.78, 5) is 24.4. The number of hydrogen-bond acceptors (Lipinski definition) is 3. The number of anilines is 2. The van der Waals surface area contributed by atoms with Gasteiger partial charge in [0.1, 0.15) is 0 Å². The van der Waals surface area contributed by atoms with Crippen LogP contribution in [0.3, 0.4) is 0 Å². The van der Waals surface area contributed by atoms with Gasteiger partial charge in [-0.15, -0.1) is 0 Å². The molecule has 0 aliphatic carbocycles. The summed E-state index contributed by atoms with van der Waals surface area (Å²) in [6.45, 7) is 4.23. The van der Waals surface area contributed by atoms with Crippen molar-refractivity contribution in [2.24, 2.45) is 5.92 Å². The highest BCUT2D eigenvalue weighted by Gasteiger charge is 2.20. The lowest BCUT2D eigenvalue weighted by atomic mass is 9.97. The van der Waals surface area contributed by atoms with Crippen LogP contribution in [0.4, 0.5) is 16.2 Å². The van der Waals surface area contributed by atoms with Crippen LogP contribution in [0.2, 0.25) is 0 Å². The lowest BCUT2D eigenvalue weighted by Crippen LogP contribution is -2.37. The first-order valence-corrected chi connectivity index (χ1v) is 9.32. The SMILES string of the molecule is Cc1cccc(NC(=O)Nc2cccc(CNC(=O)C3CCNCC3)c2)c1. The number of piperidine rings is 1. The zero-order valence-electron chi connectivity index (χ0n) is 15.5. The Kier molecular flexibility index (Phi) is 6.44. The molecule has 0 radical (unpaired) electrons. The molecule has 3 rings (SSSR count). The zero-order chi connectivity index (χ0) is 19.1. The Hall–Kier alpha value is -2.86. The molecule has 0 atom stereocenters. The molecule has 142 valence electrons. The van der Waals surface area contributed by atoms with E-state index in [2.05, 4.69) is 21.3 Å². The van der Waals surface area contributed by atoms with E-state index in [1.807, 2.05) is 55.5 Å². The number of amides is 3. The van der Waals surface area contributed by atoms with E-state index < -0.39 is 0 Å². The van der Waals surface area contributed by atoms with E-state index in [4.69, 9.17) is 0 Å². The third-order valence-electron chi connectivity index (χ3n) is 4.64. The van der Waals surface area contributed by atoms with Crippen molar-refractivity contribution in [3.63, 3.8) is 0 Å². The van der Waals surface area contributed by atoms with E-state index in [0.29, 0.717) is 12.2 Å². The van der Waals surface area contributed by atoms with Gasteiger partial charge in [-0.25, -0.2) is 4.79 Å². The molecule has 2 aromatic rings. The largest absolute Gasteiger partial charge is 0.352 e. The van der Waals surface area contributed by atoms with Crippen molar-refractivity contribution >= 4 is 23.3 Å². The number of benzene rings is 2. The number of nitrogens with one attached hydrogen (secondary N) is 4. The van der Waals surface area contributed by atoms with Crippen LogP contribution < -0.4 is 21.3 Å². The smallest absolute Gasteiger partial charge is 0.323 e.